The van der Waals surface area contributed by atoms with E-state index in [1.165, 1.54) is 6.92 Å². The Morgan fingerprint density at radius 3 is 2.56 bits per heavy atom. The Morgan fingerprint density at radius 2 is 2.22 bits per heavy atom. The number of oxime groups is 1. The van der Waals surface area contributed by atoms with Crippen molar-refractivity contribution in [3.8, 4) is 0 Å². The summed E-state index contributed by atoms with van der Waals surface area (Å²) < 4.78 is 0. The third-order valence-corrected chi connectivity index (χ3v) is 0.625. The molecule has 0 aliphatic carbocycles. The summed E-state index contributed by atoms with van der Waals surface area (Å²) in [5.74, 6) is -0.718. The van der Waals surface area contributed by atoms with Crippen molar-refractivity contribution in [3.05, 3.63) is 0 Å². The first-order valence-corrected chi connectivity index (χ1v) is 2.36. The number of nitrogens with zero attached hydrogens (tertiary/aromatic N) is 1. The minimum Gasteiger partial charge on any atom is -0.411 e. The Labute approximate surface area is 52.2 Å². The van der Waals surface area contributed by atoms with E-state index in [-0.39, 0.29) is 12.2 Å². The van der Waals surface area contributed by atoms with E-state index in [0.29, 0.717) is 6.21 Å². The fourth-order valence-corrected chi connectivity index (χ4v) is 0.355. The van der Waals surface area contributed by atoms with Crippen molar-refractivity contribution >= 4 is 17.8 Å². The van der Waals surface area contributed by atoms with Crippen LogP contribution in [-0.4, -0.2) is 23.0 Å². The van der Waals surface area contributed by atoms with Crippen molar-refractivity contribution in [1.29, 1.82) is 0 Å². The first-order chi connectivity index (χ1) is 4.16. The molecule has 0 saturated heterocycles. The van der Waals surface area contributed by atoms with E-state index >= 15 is 0 Å². The highest BCUT2D eigenvalue weighted by Crippen LogP contribution is 1.80. The Bertz CT molecular complexity index is 150. The molecule has 0 aromatic heterocycles. The number of hydrogen-bond acceptors (Lipinski definition) is 4. The average Bonchev–Trinajstić information content (AvgIpc) is 1.63. The van der Waals surface area contributed by atoms with Crippen LogP contribution in [0.15, 0.2) is 5.16 Å². The van der Waals surface area contributed by atoms with Crippen LogP contribution in [-0.2, 0) is 9.59 Å². The zero-order chi connectivity index (χ0) is 7.28. The SMILES string of the molecule is CC(=O)CC(=O)C=NO. The molecule has 0 fully saturated rings. The van der Waals surface area contributed by atoms with Crippen LogP contribution >= 0.6 is 0 Å². The molecule has 0 rings (SSSR count). The van der Waals surface area contributed by atoms with Gasteiger partial charge in [0.15, 0.2) is 5.78 Å². The molecule has 0 aliphatic rings. The number of carbonyl (C=O) groups is 2. The lowest BCUT2D eigenvalue weighted by molar-refractivity contribution is -0.122. The normalized spacial score (nSPS) is 9.89. The van der Waals surface area contributed by atoms with Crippen LogP contribution < -0.4 is 0 Å². The Morgan fingerprint density at radius 1 is 1.67 bits per heavy atom. The van der Waals surface area contributed by atoms with E-state index in [1.54, 1.807) is 0 Å². The minimum absolute atomic E-state index is 0.190. The molecular weight excluding hydrogens is 122 g/mol. The van der Waals surface area contributed by atoms with Crippen molar-refractivity contribution in [2.24, 2.45) is 5.16 Å². The van der Waals surface area contributed by atoms with Crippen LogP contribution in [0.25, 0.3) is 0 Å². The minimum atomic E-state index is -0.481. The summed E-state index contributed by atoms with van der Waals surface area (Å²) in [4.78, 5) is 20.5. The summed E-state index contributed by atoms with van der Waals surface area (Å²) in [5.41, 5.74) is 0. The molecule has 1 N–H and O–H groups in total. The van der Waals surface area contributed by atoms with Crippen molar-refractivity contribution in [2.45, 2.75) is 13.3 Å². The monoisotopic (exact) mass is 129 g/mol. The Balaban J connectivity index is 3.64. The van der Waals surface area contributed by atoms with Gasteiger partial charge >= 0.3 is 0 Å². The molecule has 0 amide bonds. The average molecular weight is 129 g/mol. The molecule has 0 bridgehead atoms. The molecule has 0 spiro atoms. The van der Waals surface area contributed by atoms with E-state index in [0.717, 1.165) is 0 Å². The van der Waals surface area contributed by atoms with Crippen LogP contribution in [0.1, 0.15) is 13.3 Å². The van der Waals surface area contributed by atoms with Crippen LogP contribution in [0.4, 0.5) is 0 Å². The third kappa shape index (κ3) is 4.67. The second kappa shape index (κ2) is 3.77. The van der Waals surface area contributed by atoms with Crippen molar-refractivity contribution in [3.63, 3.8) is 0 Å². The number of hydrogen-bond donors (Lipinski definition) is 1. The molecule has 4 nitrogen and oxygen atoms in total. The molecule has 0 heterocycles. The molecule has 0 unspecified atom stereocenters. The maximum atomic E-state index is 10.3. The number of rotatable bonds is 3. The van der Waals surface area contributed by atoms with Gasteiger partial charge < -0.3 is 5.21 Å². The zero-order valence-corrected chi connectivity index (χ0v) is 5.00. The third-order valence-electron chi connectivity index (χ3n) is 0.625. The quantitative estimate of drug-likeness (QED) is 0.252. The van der Waals surface area contributed by atoms with Gasteiger partial charge in [0.25, 0.3) is 0 Å². The second-order valence-electron chi connectivity index (χ2n) is 1.59. The molecule has 0 radical (unpaired) electrons. The van der Waals surface area contributed by atoms with Crippen molar-refractivity contribution in [2.75, 3.05) is 0 Å². The first kappa shape index (κ1) is 7.81. The maximum absolute atomic E-state index is 10.3. The van der Waals surface area contributed by atoms with E-state index in [2.05, 4.69) is 5.16 Å². The molecule has 0 aromatic rings. The lowest BCUT2D eigenvalue weighted by atomic mass is 10.2. The fourth-order valence-electron chi connectivity index (χ4n) is 0.355. The predicted octanol–water partition coefficient (Wildman–Crippen LogP) is -0.00540. The van der Waals surface area contributed by atoms with Crippen LogP contribution in [0.2, 0.25) is 0 Å². The topological polar surface area (TPSA) is 66.7 Å². The van der Waals surface area contributed by atoms with E-state index in [1.807, 2.05) is 0 Å². The molecule has 9 heavy (non-hydrogen) atoms. The van der Waals surface area contributed by atoms with Gasteiger partial charge in [-0.2, -0.15) is 0 Å². The fraction of sp³-hybridized carbons (Fsp3) is 0.400. The molecular formula is C5H7NO3. The van der Waals surface area contributed by atoms with Gasteiger partial charge in [0.05, 0.1) is 6.42 Å². The van der Waals surface area contributed by atoms with E-state index in [4.69, 9.17) is 5.21 Å². The maximum Gasteiger partial charge on any atom is 0.184 e. The van der Waals surface area contributed by atoms with Crippen LogP contribution in [0.3, 0.4) is 0 Å². The lowest BCUT2D eigenvalue weighted by Crippen LogP contribution is -2.04. The molecule has 0 aromatic carbocycles. The largest absolute Gasteiger partial charge is 0.411 e. The summed E-state index contributed by atoms with van der Waals surface area (Å²) in [6.45, 7) is 1.29. The zero-order valence-electron chi connectivity index (χ0n) is 5.00. The van der Waals surface area contributed by atoms with E-state index in [9.17, 15) is 9.59 Å². The van der Waals surface area contributed by atoms with Crippen LogP contribution in [0, 0.1) is 0 Å². The molecule has 50 valence electrons. The predicted molar refractivity (Wildman–Crippen MR) is 30.6 cm³/mol. The summed E-state index contributed by atoms with van der Waals surface area (Å²) in [6, 6.07) is 0. The van der Waals surface area contributed by atoms with Gasteiger partial charge in [-0.3, -0.25) is 9.59 Å². The summed E-state index contributed by atoms with van der Waals surface area (Å²) in [5, 5.41) is 10.2. The van der Waals surface area contributed by atoms with E-state index < -0.39 is 5.78 Å². The van der Waals surface area contributed by atoms with Gasteiger partial charge in [-0.15, -0.1) is 0 Å². The first-order valence-electron chi connectivity index (χ1n) is 2.36. The van der Waals surface area contributed by atoms with Gasteiger partial charge in [-0.1, -0.05) is 5.16 Å². The molecule has 4 heteroatoms. The second-order valence-corrected chi connectivity index (χ2v) is 1.59. The molecule has 0 aliphatic heterocycles. The van der Waals surface area contributed by atoms with Gasteiger partial charge in [0, 0.05) is 0 Å². The highest BCUT2D eigenvalue weighted by molar-refractivity contribution is 6.31. The lowest BCUT2D eigenvalue weighted by Gasteiger charge is -1.83. The summed E-state index contributed by atoms with van der Waals surface area (Å²) >= 11 is 0. The number of carbonyl (C=O) groups excluding carboxylic acids is 2. The standard InChI is InChI=1S/C5H7NO3/c1-4(7)2-5(8)3-6-9/h3,9H,2H2,1H3. The Kier molecular flexibility index (Phi) is 3.27. The van der Waals surface area contributed by atoms with Gasteiger partial charge in [0.2, 0.25) is 0 Å². The van der Waals surface area contributed by atoms with Gasteiger partial charge in [0.1, 0.15) is 12.0 Å². The van der Waals surface area contributed by atoms with Crippen molar-refractivity contribution < 1.29 is 14.8 Å². The van der Waals surface area contributed by atoms with Gasteiger partial charge in [-0.05, 0) is 6.92 Å². The molecule has 0 atom stereocenters. The number of ketones is 2. The van der Waals surface area contributed by atoms with Crippen LogP contribution in [0.5, 0.6) is 0 Å². The highest BCUT2D eigenvalue weighted by Gasteiger charge is 2.00. The molecule has 0 saturated carbocycles. The van der Waals surface area contributed by atoms with Crippen molar-refractivity contribution in [1.82, 2.24) is 0 Å². The Hall–Kier alpha value is -1.19. The van der Waals surface area contributed by atoms with Gasteiger partial charge in [-0.25, -0.2) is 0 Å². The summed E-state index contributed by atoms with van der Waals surface area (Å²) in [6.07, 6.45) is 0.519. The number of Topliss-reactive ketones (excluding diaryl/α,β-unsaturated/α-hetero) is 2. The highest BCUT2D eigenvalue weighted by atomic mass is 16.4. The smallest absolute Gasteiger partial charge is 0.184 e. The summed E-state index contributed by atoms with van der Waals surface area (Å²) in [7, 11) is 0.